The molecule has 0 unspecified atom stereocenters. The summed E-state index contributed by atoms with van der Waals surface area (Å²) < 4.78 is 0. The monoisotopic (exact) mass is 291 g/mol. The van der Waals surface area contributed by atoms with Gasteiger partial charge < -0.3 is 14.9 Å². The second kappa shape index (κ2) is 6.47. The fourth-order valence-electron chi connectivity index (χ4n) is 2.60. The molecule has 0 radical (unpaired) electrons. The third-order valence-electron chi connectivity index (χ3n) is 3.72. The van der Waals surface area contributed by atoms with Gasteiger partial charge in [0.15, 0.2) is 0 Å². The molecule has 1 N–H and O–H groups in total. The molecule has 1 aromatic rings. The molecule has 1 aromatic carbocycles. The molecule has 1 heterocycles. The van der Waals surface area contributed by atoms with E-state index in [-0.39, 0.29) is 12.1 Å². The van der Waals surface area contributed by atoms with Crippen LogP contribution in [0.4, 0.5) is 15.3 Å². The lowest BCUT2D eigenvalue weighted by atomic mass is 10.0. The minimum Gasteiger partial charge on any atom is -0.465 e. The van der Waals surface area contributed by atoms with Gasteiger partial charge in [0.2, 0.25) is 0 Å². The van der Waals surface area contributed by atoms with Crippen LogP contribution in [0.2, 0.25) is 0 Å². The van der Waals surface area contributed by atoms with Crippen molar-refractivity contribution in [2.45, 2.75) is 18.9 Å². The average Bonchev–Trinajstić information content (AvgIpc) is 2.49. The minimum atomic E-state index is -0.890. The van der Waals surface area contributed by atoms with Gasteiger partial charge in [-0.3, -0.25) is 4.90 Å². The molecular weight excluding hydrogens is 270 g/mol. The van der Waals surface area contributed by atoms with E-state index in [0.29, 0.717) is 25.9 Å². The lowest BCUT2D eigenvalue weighted by Crippen LogP contribution is -2.51. The molecule has 6 heteroatoms. The van der Waals surface area contributed by atoms with Crippen LogP contribution in [-0.2, 0) is 0 Å². The molecule has 0 atom stereocenters. The minimum absolute atomic E-state index is 0.0258. The molecule has 2 rings (SSSR count). The van der Waals surface area contributed by atoms with Crippen molar-refractivity contribution in [1.29, 1.82) is 0 Å². The van der Waals surface area contributed by atoms with Crippen LogP contribution in [0, 0.1) is 0 Å². The molecule has 6 nitrogen and oxygen atoms in total. The lowest BCUT2D eigenvalue weighted by molar-refractivity contribution is 0.131. The predicted molar refractivity (Wildman–Crippen MR) is 80.6 cm³/mol. The van der Waals surface area contributed by atoms with Crippen molar-refractivity contribution in [1.82, 2.24) is 9.80 Å². The molecule has 1 aliphatic heterocycles. The van der Waals surface area contributed by atoms with E-state index in [1.807, 2.05) is 30.3 Å². The highest BCUT2D eigenvalue weighted by Gasteiger charge is 2.31. The second-order valence-electron chi connectivity index (χ2n) is 5.38. The number of urea groups is 1. The Morgan fingerprint density at radius 3 is 2.19 bits per heavy atom. The molecule has 1 saturated heterocycles. The number of nitrogens with zero attached hydrogens (tertiary/aromatic N) is 3. The standard InChI is InChI=1S/C15H21N3O3/c1-16(2)14(19)18(12-6-4-3-5-7-12)13-8-10-17(11-9-13)15(20)21/h3-7,13H,8-11H2,1-2H3,(H,20,21). The van der Waals surface area contributed by atoms with Gasteiger partial charge in [0.1, 0.15) is 0 Å². The molecule has 0 spiro atoms. The number of carbonyl (C=O) groups excluding carboxylic acids is 1. The molecule has 0 bridgehead atoms. The number of hydrogen-bond acceptors (Lipinski definition) is 2. The van der Waals surface area contributed by atoms with Gasteiger partial charge in [0.05, 0.1) is 0 Å². The van der Waals surface area contributed by atoms with E-state index >= 15 is 0 Å². The van der Waals surface area contributed by atoms with E-state index in [2.05, 4.69) is 0 Å². The van der Waals surface area contributed by atoms with Crippen LogP contribution in [0.3, 0.4) is 0 Å². The molecular formula is C15H21N3O3. The summed E-state index contributed by atoms with van der Waals surface area (Å²) in [6.07, 6.45) is 0.417. The van der Waals surface area contributed by atoms with Crippen molar-refractivity contribution in [3.05, 3.63) is 30.3 Å². The molecule has 1 aliphatic rings. The van der Waals surface area contributed by atoms with Crippen LogP contribution in [0.25, 0.3) is 0 Å². The topological polar surface area (TPSA) is 64.1 Å². The van der Waals surface area contributed by atoms with E-state index < -0.39 is 6.09 Å². The van der Waals surface area contributed by atoms with Gasteiger partial charge in [-0.15, -0.1) is 0 Å². The van der Waals surface area contributed by atoms with Gasteiger partial charge >= 0.3 is 12.1 Å². The van der Waals surface area contributed by atoms with Gasteiger partial charge in [-0.25, -0.2) is 9.59 Å². The van der Waals surface area contributed by atoms with E-state index in [0.717, 1.165) is 5.69 Å². The van der Waals surface area contributed by atoms with Crippen molar-refractivity contribution in [2.24, 2.45) is 0 Å². The maximum atomic E-state index is 12.5. The quantitative estimate of drug-likeness (QED) is 0.909. The number of rotatable bonds is 2. The zero-order chi connectivity index (χ0) is 15.4. The van der Waals surface area contributed by atoms with Gasteiger partial charge in [-0.05, 0) is 25.0 Å². The average molecular weight is 291 g/mol. The molecule has 114 valence electrons. The van der Waals surface area contributed by atoms with Crippen molar-refractivity contribution >= 4 is 17.8 Å². The van der Waals surface area contributed by atoms with Crippen LogP contribution in [0.15, 0.2) is 30.3 Å². The SMILES string of the molecule is CN(C)C(=O)N(c1ccccc1)C1CCN(C(=O)O)CC1. The summed E-state index contributed by atoms with van der Waals surface area (Å²) in [7, 11) is 3.45. The van der Waals surface area contributed by atoms with E-state index in [9.17, 15) is 9.59 Å². The largest absolute Gasteiger partial charge is 0.465 e. The first-order valence-electron chi connectivity index (χ1n) is 7.04. The summed E-state index contributed by atoms with van der Waals surface area (Å²) in [5.41, 5.74) is 0.852. The zero-order valence-corrected chi connectivity index (χ0v) is 12.4. The van der Waals surface area contributed by atoms with E-state index in [4.69, 9.17) is 5.11 Å². The molecule has 0 aromatic heterocycles. The predicted octanol–water partition coefficient (Wildman–Crippen LogP) is 2.32. The first-order valence-corrected chi connectivity index (χ1v) is 7.04. The van der Waals surface area contributed by atoms with Crippen LogP contribution in [0.1, 0.15) is 12.8 Å². The van der Waals surface area contributed by atoms with Gasteiger partial charge in [-0.1, -0.05) is 18.2 Å². The second-order valence-corrected chi connectivity index (χ2v) is 5.38. The molecule has 0 saturated carbocycles. The summed E-state index contributed by atoms with van der Waals surface area (Å²) in [5, 5.41) is 9.01. The number of amides is 3. The van der Waals surface area contributed by atoms with Crippen molar-refractivity contribution < 1.29 is 14.7 Å². The third-order valence-corrected chi connectivity index (χ3v) is 3.72. The Morgan fingerprint density at radius 2 is 1.71 bits per heavy atom. The molecule has 3 amide bonds. The number of carbonyl (C=O) groups is 2. The Hall–Kier alpha value is -2.24. The molecule has 21 heavy (non-hydrogen) atoms. The van der Waals surface area contributed by atoms with Crippen molar-refractivity contribution in [3.63, 3.8) is 0 Å². The van der Waals surface area contributed by atoms with Gasteiger partial charge in [0.25, 0.3) is 0 Å². The Bertz CT molecular complexity index is 496. The first-order chi connectivity index (χ1) is 10.0. The normalized spacial score (nSPS) is 15.6. The Morgan fingerprint density at radius 1 is 1.14 bits per heavy atom. The maximum absolute atomic E-state index is 12.5. The number of piperidine rings is 1. The maximum Gasteiger partial charge on any atom is 0.407 e. The van der Waals surface area contributed by atoms with Crippen LogP contribution in [0.5, 0.6) is 0 Å². The number of para-hydroxylation sites is 1. The summed E-state index contributed by atoms with van der Waals surface area (Å²) in [6.45, 7) is 0.925. The Balaban J connectivity index is 2.18. The first kappa shape index (κ1) is 15.2. The van der Waals surface area contributed by atoms with Crippen LogP contribution < -0.4 is 4.90 Å². The van der Waals surface area contributed by atoms with Crippen LogP contribution >= 0.6 is 0 Å². The van der Waals surface area contributed by atoms with E-state index in [1.54, 1.807) is 23.9 Å². The fraction of sp³-hybridized carbons (Fsp3) is 0.467. The highest BCUT2D eigenvalue weighted by Crippen LogP contribution is 2.24. The number of hydrogen-bond donors (Lipinski definition) is 1. The summed E-state index contributed by atoms with van der Waals surface area (Å²) in [5.74, 6) is 0. The van der Waals surface area contributed by atoms with Gasteiger partial charge in [0, 0.05) is 38.9 Å². The summed E-state index contributed by atoms with van der Waals surface area (Å²) >= 11 is 0. The smallest absolute Gasteiger partial charge is 0.407 e. The number of carboxylic acid groups (broad SMARTS) is 1. The fourth-order valence-corrected chi connectivity index (χ4v) is 2.60. The van der Waals surface area contributed by atoms with E-state index in [1.165, 1.54) is 4.90 Å². The number of likely N-dealkylation sites (tertiary alicyclic amines) is 1. The van der Waals surface area contributed by atoms with Crippen molar-refractivity contribution in [2.75, 3.05) is 32.1 Å². The van der Waals surface area contributed by atoms with Crippen molar-refractivity contribution in [3.8, 4) is 0 Å². The zero-order valence-electron chi connectivity index (χ0n) is 12.4. The highest BCUT2D eigenvalue weighted by atomic mass is 16.4. The lowest BCUT2D eigenvalue weighted by Gasteiger charge is -2.38. The molecule has 0 aliphatic carbocycles. The van der Waals surface area contributed by atoms with Gasteiger partial charge in [-0.2, -0.15) is 0 Å². The molecule has 1 fully saturated rings. The summed E-state index contributed by atoms with van der Waals surface area (Å²) in [6, 6.07) is 9.48. The third kappa shape index (κ3) is 3.45. The van der Waals surface area contributed by atoms with Crippen LogP contribution in [-0.4, -0.2) is 60.3 Å². The Kier molecular flexibility index (Phi) is 4.67. The number of benzene rings is 1. The highest BCUT2D eigenvalue weighted by molar-refractivity contribution is 5.92. The Labute approximate surface area is 124 Å². The summed E-state index contributed by atoms with van der Waals surface area (Å²) in [4.78, 5) is 28.2. The number of anilines is 1.